The van der Waals surface area contributed by atoms with Crippen LogP contribution in [-0.2, 0) is 12.8 Å². The van der Waals surface area contributed by atoms with E-state index in [9.17, 15) is 9.50 Å². The van der Waals surface area contributed by atoms with E-state index in [2.05, 4.69) is 19.1 Å². The van der Waals surface area contributed by atoms with Gasteiger partial charge in [0.25, 0.3) is 0 Å². The summed E-state index contributed by atoms with van der Waals surface area (Å²) in [5.41, 5.74) is 4.47. The molecule has 1 aromatic rings. The lowest BCUT2D eigenvalue weighted by Crippen LogP contribution is -1.97. The fourth-order valence-corrected chi connectivity index (χ4v) is 2.99. The highest BCUT2D eigenvalue weighted by atomic mass is 19.1. The van der Waals surface area contributed by atoms with E-state index >= 15 is 0 Å². The van der Waals surface area contributed by atoms with Crippen LogP contribution in [0.1, 0.15) is 36.5 Å². The Morgan fingerprint density at radius 2 is 1.94 bits per heavy atom. The van der Waals surface area contributed by atoms with Crippen LogP contribution in [-0.4, -0.2) is 5.11 Å². The molecule has 0 aliphatic heterocycles. The summed E-state index contributed by atoms with van der Waals surface area (Å²) >= 11 is 0. The van der Waals surface area contributed by atoms with E-state index in [1.807, 2.05) is 6.07 Å². The van der Waals surface area contributed by atoms with Gasteiger partial charge in [0.15, 0.2) is 0 Å². The number of fused-ring (bicyclic) bond motifs is 1. The van der Waals surface area contributed by atoms with Crippen LogP contribution in [0.5, 0.6) is 0 Å². The second-order valence-corrected chi connectivity index (χ2v) is 5.46. The maximum absolute atomic E-state index is 13.9. The molecule has 0 amide bonds. The Labute approximate surface area is 107 Å². The highest BCUT2D eigenvalue weighted by molar-refractivity contribution is 5.71. The average Bonchev–Trinajstić information content (AvgIpc) is 2.68. The molecule has 0 heterocycles. The summed E-state index contributed by atoms with van der Waals surface area (Å²) < 4.78 is 13.9. The van der Waals surface area contributed by atoms with Crippen LogP contribution in [0.25, 0.3) is 5.57 Å². The minimum Gasteiger partial charge on any atom is -0.512 e. The first kappa shape index (κ1) is 11.5. The quantitative estimate of drug-likeness (QED) is 0.779. The number of aliphatic hydroxyl groups is 1. The molecule has 1 atom stereocenters. The summed E-state index contributed by atoms with van der Waals surface area (Å²) in [6.45, 7) is 2.25. The molecule has 1 nitrogen and oxygen atoms in total. The van der Waals surface area contributed by atoms with Crippen molar-refractivity contribution in [3.05, 3.63) is 52.6 Å². The molecule has 0 bridgehead atoms. The smallest absolute Gasteiger partial charge is 0.130 e. The molecular formula is C16H17FO. The third-order valence-electron chi connectivity index (χ3n) is 3.90. The predicted molar refractivity (Wildman–Crippen MR) is 71.0 cm³/mol. The van der Waals surface area contributed by atoms with Gasteiger partial charge in [-0.2, -0.15) is 0 Å². The SMILES string of the molecule is CC1Cc2ccc(C3=C(F)C=C(O)CC3)cc2C1. The lowest BCUT2D eigenvalue weighted by atomic mass is 9.93. The second-order valence-electron chi connectivity index (χ2n) is 5.46. The van der Waals surface area contributed by atoms with Crippen molar-refractivity contribution in [1.29, 1.82) is 0 Å². The molecule has 0 radical (unpaired) electrons. The molecule has 1 N–H and O–H groups in total. The third kappa shape index (κ3) is 1.96. The molecule has 0 aromatic heterocycles. The number of halogens is 1. The van der Waals surface area contributed by atoms with Gasteiger partial charge < -0.3 is 5.11 Å². The van der Waals surface area contributed by atoms with Crippen LogP contribution in [0.3, 0.4) is 0 Å². The van der Waals surface area contributed by atoms with Crippen molar-refractivity contribution in [3.8, 4) is 0 Å². The monoisotopic (exact) mass is 244 g/mol. The van der Waals surface area contributed by atoms with Crippen LogP contribution in [0.2, 0.25) is 0 Å². The molecule has 2 aliphatic carbocycles. The minimum atomic E-state index is -0.287. The topological polar surface area (TPSA) is 20.2 Å². The fraction of sp³-hybridized carbons (Fsp3) is 0.375. The molecule has 1 aromatic carbocycles. The highest BCUT2D eigenvalue weighted by Gasteiger charge is 2.20. The van der Waals surface area contributed by atoms with Crippen LogP contribution in [0.4, 0.5) is 4.39 Å². The van der Waals surface area contributed by atoms with Gasteiger partial charge in [-0.05, 0) is 47.4 Å². The maximum atomic E-state index is 13.9. The molecule has 2 aliphatic rings. The largest absolute Gasteiger partial charge is 0.512 e. The molecule has 1 unspecified atom stereocenters. The zero-order chi connectivity index (χ0) is 12.7. The summed E-state index contributed by atoms with van der Waals surface area (Å²) in [6.07, 6.45) is 4.60. The van der Waals surface area contributed by atoms with Crippen molar-refractivity contribution in [3.63, 3.8) is 0 Å². The number of hydrogen-bond donors (Lipinski definition) is 1. The van der Waals surface area contributed by atoms with Gasteiger partial charge >= 0.3 is 0 Å². The standard InChI is InChI=1S/C16H17FO/c1-10-6-11-2-3-12(8-13(11)7-10)15-5-4-14(18)9-16(15)17/h2-3,8-10,18H,4-7H2,1H3. The molecule has 94 valence electrons. The van der Waals surface area contributed by atoms with Crippen molar-refractivity contribution < 1.29 is 9.50 Å². The van der Waals surface area contributed by atoms with Crippen LogP contribution in [0.15, 0.2) is 35.9 Å². The van der Waals surface area contributed by atoms with E-state index in [-0.39, 0.29) is 11.6 Å². The lowest BCUT2D eigenvalue weighted by molar-refractivity contribution is 0.383. The average molecular weight is 244 g/mol. The van der Waals surface area contributed by atoms with Crippen LogP contribution >= 0.6 is 0 Å². The third-order valence-corrected chi connectivity index (χ3v) is 3.90. The van der Waals surface area contributed by atoms with E-state index in [1.54, 1.807) is 0 Å². The summed E-state index contributed by atoms with van der Waals surface area (Å²) in [7, 11) is 0. The normalized spacial score (nSPS) is 23.0. The number of benzene rings is 1. The Morgan fingerprint density at radius 3 is 2.72 bits per heavy atom. The summed E-state index contributed by atoms with van der Waals surface area (Å²) in [4.78, 5) is 0. The molecule has 2 heteroatoms. The van der Waals surface area contributed by atoms with Gasteiger partial charge in [0.1, 0.15) is 5.83 Å². The molecule has 0 fully saturated rings. The van der Waals surface area contributed by atoms with Gasteiger partial charge in [-0.15, -0.1) is 0 Å². The Balaban J connectivity index is 2.00. The summed E-state index contributed by atoms with van der Waals surface area (Å²) in [5.74, 6) is 0.556. The predicted octanol–water partition coefficient (Wildman–Crippen LogP) is 4.34. The zero-order valence-corrected chi connectivity index (χ0v) is 10.5. The lowest BCUT2D eigenvalue weighted by Gasteiger charge is -2.14. The Bertz CT molecular complexity index is 554. The van der Waals surface area contributed by atoms with Gasteiger partial charge in [0.2, 0.25) is 0 Å². The van der Waals surface area contributed by atoms with Gasteiger partial charge in [0.05, 0.1) is 5.76 Å². The Hall–Kier alpha value is -1.57. The van der Waals surface area contributed by atoms with Crippen molar-refractivity contribution >= 4 is 5.57 Å². The number of allylic oxidation sites excluding steroid dienone is 4. The molecular weight excluding hydrogens is 227 g/mol. The van der Waals surface area contributed by atoms with Gasteiger partial charge in [-0.1, -0.05) is 25.1 Å². The maximum Gasteiger partial charge on any atom is 0.130 e. The summed E-state index contributed by atoms with van der Waals surface area (Å²) in [6, 6.07) is 6.28. The molecule has 3 rings (SSSR count). The Morgan fingerprint density at radius 1 is 1.17 bits per heavy atom. The van der Waals surface area contributed by atoms with Gasteiger partial charge in [-0.25, -0.2) is 4.39 Å². The van der Waals surface area contributed by atoms with E-state index in [0.29, 0.717) is 18.8 Å². The van der Waals surface area contributed by atoms with Crippen molar-refractivity contribution in [2.45, 2.75) is 32.6 Å². The van der Waals surface area contributed by atoms with E-state index in [4.69, 9.17) is 0 Å². The number of aliphatic hydroxyl groups excluding tert-OH is 1. The van der Waals surface area contributed by atoms with Crippen LogP contribution < -0.4 is 0 Å². The number of hydrogen-bond acceptors (Lipinski definition) is 1. The van der Waals surface area contributed by atoms with E-state index in [1.165, 1.54) is 17.2 Å². The van der Waals surface area contributed by atoms with E-state index in [0.717, 1.165) is 24.0 Å². The number of rotatable bonds is 1. The molecule has 0 saturated heterocycles. The zero-order valence-electron chi connectivity index (χ0n) is 10.5. The van der Waals surface area contributed by atoms with Crippen molar-refractivity contribution in [2.24, 2.45) is 5.92 Å². The summed E-state index contributed by atoms with van der Waals surface area (Å²) in [5, 5.41) is 9.32. The molecule has 0 spiro atoms. The Kier molecular flexibility index (Phi) is 2.73. The first-order chi connectivity index (χ1) is 8.63. The second kappa shape index (κ2) is 4.27. The highest BCUT2D eigenvalue weighted by Crippen LogP contribution is 2.34. The van der Waals surface area contributed by atoms with Gasteiger partial charge in [0, 0.05) is 12.5 Å². The first-order valence-corrected chi connectivity index (χ1v) is 6.54. The van der Waals surface area contributed by atoms with Crippen LogP contribution in [0, 0.1) is 5.92 Å². The van der Waals surface area contributed by atoms with Gasteiger partial charge in [-0.3, -0.25) is 0 Å². The first-order valence-electron chi connectivity index (χ1n) is 6.54. The molecule has 0 saturated carbocycles. The van der Waals surface area contributed by atoms with Crippen molar-refractivity contribution in [2.75, 3.05) is 0 Å². The fourth-order valence-electron chi connectivity index (χ4n) is 2.99. The molecule has 18 heavy (non-hydrogen) atoms. The van der Waals surface area contributed by atoms with E-state index < -0.39 is 0 Å². The minimum absolute atomic E-state index is 0.144. The van der Waals surface area contributed by atoms with Crippen molar-refractivity contribution in [1.82, 2.24) is 0 Å².